The van der Waals surface area contributed by atoms with Gasteiger partial charge >= 0.3 is 0 Å². The van der Waals surface area contributed by atoms with Crippen LogP contribution in [-0.2, 0) is 16.6 Å². The van der Waals surface area contributed by atoms with Gasteiger partial charge in [-0.25, -0.2) is 13.1 Å². The number of rotatable bonds is 8. The number of hydrogen-bond acceptors (Lipinski definition) is 4. The fourth-order valence-corrected chi connectivity index (χ4v) is 4.05. The second-order valence-electron chi connectivity index (χ2n) is 5.10. The Morgan fingerprint density at radius 3 is 2.58 bits per heavy atom. The van der Waals surface area contributed by atoms with E-state index in [1.807, 2.05) is 26.2 Å². The first kappa shape index (κ1) is 16.6. The number of thiophene rings is 1. The van der Waals surface area contributed by atoms with Crippen LogP contribution in [0.1, 0.15) is 39.7 Å². The van der Waals surface area contributed by atoms with Crippen LogP contribution >= 0.6 is 11.3 Å². The average molecular weight is 304 g/mol. The zero-order chi connectivity index (χ0) is 14.5. The van der Waals surface area contributed by atoms with Gasteiger partial charge in [0.25, 0.3) is 0 Å². The highest BCUT2D eigenvalue weighted by molar-refractivity contribution is 7.91. The lowest BCUT2D eigenvalue weighted by Gasteiger charge is -2.16. The van der Waals surface area contributed by atoms with Crippen molar-refractivity contribution in [3.63, 3.8) is 0 Å². The van der Waals surface area contributed by atoms with Crippen LogP contribution in [0, 0.1) is 5.92 Å². The van der Waals surface area contributed by atoms with Crippen LogP contribution in [0.4, 0.5) is 0 Å². The fraction of sp³-hybridized carbons (Fsp3) is 0.692. The van der Waals surface area contributed by atoms with Gasteiger partial charge in [0.2, 0.25) is 10.0 Å². The van der Waals surface area contributed by atoms with Crippen molar-refractivity contribution in [3.8, 4) is 0 Å². The lowest BCUT2D eigenvalue weighted by atomic mass is 10.1. The van der Waals surface area contributed by atoms with Crippen LogP contribution in [0.2, 0.25) is 0 Å². The van der Waals surface area contributed by atoms with E-state index < -0.39 is 10.0 Å². The van der Waals surface area contributed by atoms with Crippen molar-refractivity contribution in [1.29, 1.82) is 0 Å². The van der Waals surface area contributed by atoms with Crippen LogP contribution in [0.15, 0.2) is 15.7 Å². The minimum atomic E-state index is -3.37. The van der Waals surface area contributed by atoms with Gasteiger partial charge in [0, 0.05) is 12.6 Å². The molecule has 1 aromatic rings. The standard InChI is InChI=1S/C13H24N2O2S2/c1-5-6-14-8-12-7-13(18-9-12)19(16,17)15-11(4)10(2)3/h7,9-11,14-15H,5-6,8H2,1-4H3. The smallest absolute Gasteiger partial charge is 0.250 e. The Balaban J connectivity index is 2.69. The Morgan fingerprint density at radius 1 is 1.32 bits per heavy atom. The van der Waals surface area contributed by atoms with Crippen molar-refractivity contribution >= 4 is 21.4 Å². The molecule has 0 saturated heterocycles. The maximum absolute atomic E-state index is 12.2. The van der Waals surface area contributed by atoms with Crippen LogP contribution in [0.3, 0.4) is 0 Å². The summed E-state index contributed by atoms with van der Waals surface area (Å²) in [7, 11) is -3.37. The van der Waals surface area contributed by atoms with Crippen molar-refractivity contribution in [2.24, 2.45) is 5.92 Å². The molecule has 0 aromatic carbocycles. The molecule has 0 bridgehead atoms. The van der Waals surface area contributed by atoms with Gasteiger partial charge in [-0.1, -0.05) is 20.8 Å². The first-order valence-corrected chi connectivity index (χ1v) is 9.03. The quantitative estimate of drug-likeness (QED) is 0.726. The van der Waals surface area contributed by atoms with Gasteiger partial charge in [-0.15, -0.1) is 11.3 Å². The van der Waals surface area contributed by atoms with Crippen molar-refractivity contribution in [1.82, 2.24) is 10.0 Å². The van der Waals surface area contributed by atoms with E-state index in [9.17, 15) is 8.42 Å². The van der Waals surface area contributed by atoms with Gasteiger partial charge in [-0.3, -0.25) is 0 Å². The summed E-state index contributed by atoms with van der Waals surface area (Å²) in [5.41, 5.74) is 1.02. The molecule has 19 heavy (non-hydrogen) atoms. The first-order valence-electron chi connectivity index (χ1n) is 6.67. The second-order valence-corrected chi connectivity index (χ2v) is 7.96. The van der Waals surface area contributed by atoms with Gasteiger partial charge in [-0.05, 0) is 42.8 Å². The van der Waals surface area contributed by atoms with Crippen LogP contribution in [0.25, 0.3) is 0 Å². The Hall–Kier alpha value is -0.430. The van der Waals surface area contributed by atoms with Gasteiger partial charge in [0.15, 0.2) is 0 Å². The van der Waals surface area contributed by atoms with Crippen molar-refractivity contribution < 1.29 is 8.42 Å². The third-order valence-corrected chi connectivity index (χ3v) is 6.04. The molecule has 6 heteroatoms. The lowest BCUT2D eigenvalue weighted by molar-refractivity contribution is 0.477. The van der Waals surface area contributed by atoms with Gasteiger partial charge in [0.1, 0.15) is 4.21 Å². The monoisotopic (exact) mass is 304 g/mol. The summed E-state index contributed by atoms with van der Waals surface area (Å²) in [6, 6.07) is 1.69. The van der Waals surface area contributed by atoms with E-state index in [2.05, 4.69) is 17.0 Å². The fourth-order valence-electron chi connectivity index (χ4n) is 1.44. The number of nitrogens with one attached hydrogen (secondary N) is 2. The Kier molecular flexibility index (Phi) is 6.46. The summed E-state index contributed by atoms with van der Waals surface area (Å²) in [5, 5.41) is 5.17. The Bertz CT molecular complexity index is 481. The van der Waals surface area contributed by atoms with E-state index in [4.69, 9.17) is 0 Å². The molecule has 1 atom stereocenters. The molecule has 0 aliphatic rings. The molecule has 1 rings (SSSR count). The van der Waals surface area contributed by atoms with E-state index >= 15 is 0 Å². The molecule has 1 unspecified atom stereocenters. The molecule has 4 nitrogen and oxygen atoms in total. The third-order valence-electron chi connectivity index (χ3n) is 2.99. The molecule has 1 aromatic heterocycles. The van der Waals surface area contributed by atoms with E-state index in [1.54, 1.807) is 6.07 Å². The SMILES string of the molecule is CCCNCc1csc(S(=O)(=O)NC(C)C(C)C)c1. The molecule has 110 valence electrons. The van der Waals surface area contributed by atoms with Crippen molar-refractivity contribution in [2.45, 2.75) is 50.9 Å². The minimum Gasteiger partial charge on any atom is -0.313 e. The molecule has 1 heterocycles. The van der Waals surface area contributed by atoms with Crippen molar-refractivity contribution in [3.05, 3.63) is 17.0 Å². The molecule has 0 saturated carbocycles. The average Bonchev–Trinajstić information content (AvgIpc) is 2.78. The second kappa shape index (κ2) is 7.38. The predicted molar refractivity (Wildman–Crippen MR) is 80.9 cm³/mol. The Labute approximate surface area is 120 Å². The Morgan fingerprint density at radius 2 is 2.00 bits per heavy atom. The van der Waals surface area contributed by atoms with E-state index in [0.717, 1.165) is 25.1 Å². The van der Waals surface area contributed by atoms with Crippen LogP contribution < -0.4 is 10.0 Å². The maximum atomic E-state index is 12.2. The molecule has 0 spiro atoms. The first-order chi connectivity index (χ1) is 8.86. The summed E-state index contributed by atoms with van der Waals surface area (Å²) in [6.07, 6.45) is 1.07. The molecular weight excluding hydrogens is 280 g/mol. The topological polar surface area (TPSA) is 58.2 Å². The molecule has 0 radical (unpaired) electrons. The zero-order valence-electron chi connectivity index (χ0n) is 12.1. The molecule has 2 N–H and O–H groups in total. The van der Waals surface area contributed by atoms with Gasteiger partial charge < -0.3 is 5.32 Å². The summed E-state index contributed by atoms with van der Waals surface area (Å²) in [6.45, 7) is 9.66. The highest BCUT2D eigenvalue weighted by atomic mass is 32.2. The van der Waals surface area contributed by atoms with E-state index in [1.165, 1.54) is 11.3 Å². The van der Waals surface area contributed by atoms with Crippen LogP contribution in [0.5, 0.6) is 0 Å². The highest BCUT2D eigenvalue weighted by Crippen LogP contribution is 2.21. The molecule has 0 fully saturated rings. The van der Waals surface area contributed by atoms with Crippen LogP contribution in [-0.4, -0.2) is 21.0 Å². The summed E-state index contributed by atoms with van der Waals surface area (Å²) < 4.78 is 27.4. The number of sulfonamides is 1. The third kappa shape index (κ3) is 5.22. The van der Waals surface area contributed by atoms with E-state index in [0.29, 0.717) is 4.21 Å². The molecule has 0 amide bonds. The van der Waals surface area contributed by atoms with Gasteiger partial charge in [0.05, 0.1) is 0 Å². The maximum Gasteiger partial charge on any atom is 0.250 e. The molecular formula is C13H24N2O2S2. The zero-order valence-corrected chi connectivity index (χ0v) is 13.7. The minimum absolute atomic E-state index is 0.0613. The predicted octanol–water partition coefficient (Wildman–Crippen LogP) is 2.57. The normalized spacial score (nSPS) is 13.9. The highest BCUT2D eigenvalue weighted by Gasteiger charge is 2.20. The lowest BCUT2D eigenvalue weighted by Crippen LogP contribution is -2.35. The summed E-state index contributed by atoms with van der Waals surface area (Å²) in [4.78, 5) is 0. The summed E-state index contributed by atoms with van der Waals surface area (Å²) >= 11 is 1.28. The van der Waals surface area contributed by atoms with Crippen molar-refractivity contribution in [2.75, 3.05) is 6.54 Å². The van der Waals surface area contributed by atoms with E-state index in [-0.39, 0.29) is 12.0 Å². The molecule has 0 aliphatic carbocycles. The summed E-state index contributed by atoms with van der Waals surface area (Å²) in [5.74, 6) is 0.278. The molecule has 0 aliphatic heterocycles. The largest absolute Gasteiger partial charge is 0.313 e. The van der Waals surface area contributed by atoms with Gasteiger partial charge in [-0.2, -0.15) is 0 Å². The number of hydrogen-bond donors (Lipinski definition) is 2.